The van der Waals surface area contributed by atoms with Crippen molar-refractivity contribution in [3.05, 3.63) is 31.3 Å². The summed E-state index contributed by atoms with van der Waals surface area (Å²) in [6, 6.07) is 0. The van der Waals surface area contributed by atoms with Crippen molar-refractivity contribution < 1.29 is 48.1 Å². The van der Waals surface area contributed by atoms with Gasteiger partial charge in [-0.25, -0.2) is 18.7 Å². The van der Waals surface area contributed by atoms with Crippen LogP contribution in [0.5, 0.6) is 0 Å². The van der Waals surface area contributed by atoms with E-state index in [4.69, 9.17) is 14.9 Å². The van der Waals surface area contributed by atoms with E-state index in [9.17, 15) is 43.0 Å². The van der Waals surface area contributed by atoms with Crippen molar-refractivity contribution in [2.24, 2.45) is 0 Å². The lowest BCUT2D eigenvalue weighted by atomic mass is 10.1. The van der Waals surface area contributed by atoms with Crippen LogP contribution in [-0.2, 0) is 22.2 Å². The van der Waals surface area contributed by atoms with Crippen LogP contribution in [0.25, 0.3) is 11.2 Å². The number of hydrogen-bond donors (Lipinski definition) is 8. The van der Waals surface area contributed by atoms with Crippen molar-refractivity contribution in [2.45, 2.75) is 56.8 Å². The van der Waals surface area contributed by atoms with Crippen LogP contribution >= 0.6 is 7.82 Å². The second-order valence-corrected chi connectivity index (χ2v) is 8.30. The molecule has 0 aromatic carbocycles. The number of H-pyrrole nitrogens is 2. The maximum atomic E-state index is 13.4. The molecule has 15 nitrogen and oxygen atoms in total. The van der Waals surface area contributed by atoms with Gasteiger partial charge in [0.2, 0.25) is 0 Å². The van der Waals surface area contributed by atoms with Crippen LogP contribution in [-0.4, -0.2) is 80.3 Å². The Hall–Kier alpha value is -2.24. The number of halogens is 2. The molecule has 188 valence electrons. The molecule has 8 N–H and O–H groups in total. The normalized spacial score (nSPS) is 15.6. The summed E-state index contributed by atoms with van der Waals surface area (Å²) in [5.74, 6) is 0. The lowest BCUT2D eigenvalue weighted by molar-refractivity contribution is -0.191. The first-order valence-corrected chi connectivity index (χ1v) is 10.9. The molecule has 0 saturated heterocycles. The van der Waals surface area contributed by atoms with Gasteiger partial charge in [-0.1, -0.05) is 0 Å². The van der Waals surface area contributed by atoms with Gasteiger partial charge in [0.05, 0.1) is 13.2 Å². The van der Waals surface area contributed by atoms with Crippen LogP contribution in [0.3, 0.4) is 0 Å². The maximum absolute atomic E-state index is 13.4. The summed E-state index contributed by atoms with van der Waals surface area (Å²) in [4.78, 5) is 57.7. The van der Waals surface area contributed by atoms with Crippen molar-refractivity contribution in [2.75, 3.05) is 6.61 Å². The fraction of sp³-hybridized carbons (Fsp3) is 0.667. The van der Waals surface area contributed by atoms with Gasteiger partial charge in [0.15, 0.2) is 5.52 Å². The second-order valence-electron chi connectivity index (χ2n) is 7.13. The molecular weight excluding hydrogens is 481 g/mol. The molecule has 2 aromatic rings. The number of unbranched alkanes of at least 4 members (excludes halogenated alkanes) is 1. The summed E-state index contributed by atoms with van der Waals surface area (Å²) in [6.07, 6.45) is -11.3. The van der Waals surface area contributed by atoms with E-state index in [0.29, 0.717) is 0 Å². The lowest BCUT2D eigenvalue weighted by Gasteiger charge is -2.21. The minimum atomic E-state index is -5.44. The number of phosphoric ester groups is 1. The summed E-state index contributed by atoms with van der Waals surface area (Å²) in [5.41, 5.74) is -3.71. The number of nitrogens with one attached hydrogen (secondary N) is 2. The van der Waals surface area contributed by atoms with Gasteiger partial charge in [-0.3, -0.25) is 23.9 Å². The average molecular weight is 504 g/mol. The molecule has 0 amide bonds. The molecule has 0 aliphatic carbocycles. The number of imidazole rings is 1. The van der Waals surface area contributed by atoms with E-state index < -0.39 is 75.2 Å². The molecule has 0 bridgehead atoms. The van der Waals surface area contributed by atoms with Gasteiger partial charge in [0.1, 0.15) is 24.0 Å². The number of phosphoric acid groups is 1. The summed E-state index contributed by atoms with van der Waals surface area (Å²) in [7, 11) is -5.44. The molecule has 0 aliphatic heterocycles. The fourth-order valence-corrected chi connectivity index (χ4v) is 3.55. The first-order valence-electron chi connectivity index (χ1n) is 9.41. The molecule has 0 aliphatic rings. The highest BCUT2D eigenvalue weighted by Crippen LogP contribution is 2.44. The zero-order chi connectivity index (χ0) is 25.1. The Morgan fingerprint density at radius 1 is 1.03 bits per heavy atom. The number of aromatic nitrogens is 4. The molecule has 0 saturated carbocycles. The standard InChI is InChI=1S/C15H23F2N4O11P/c16-15(17,32-33(29,30)31)3-1-2-4-20-9-11(18-13(27)19-12(9)26)21(14(20)28)5-7(23)10(25)8(24)6-22/h7-8,10,22-25H,1-6H2,(H2,29,30,31)(H2,18,19,26,27)/t7-,8+,10-/m0/s1. The number of aromatic amines is 2. The predicted molar refractivity (Wildman–Crippen MR) is 104 cm³/mol. The number of aliphatic hydroxyl groups is 4. The molecule has 33 heavy (non-hydrogen) atoms. The summed E-state index contributed by atoms with van der Waals surface area (Å²) in [5, 5.41) is 38.2. The maximum Gasteiger partial charge on any atom is 0.474 e. The van der Waals surface area contributed by atoms with E-state index in [1.165, 1.54) is 0 Å². The van der Waals surface area contributed by atoms with Gasteiger partial charge >= 0.3 is 25.3 Å². The molecule has 18 heteroatoms. The number of fused-ring (bicyclic) bond motifs is 1. The predicted octanol–water partition coefficient (Wildman–Crippen LogP) is -2.87. The van der Waals surface area contributed by atoms with Crippen LogP contribution in [0, 0.1) is 0 Å². The highest BCUT2D eigenvalue weighted by Gasteiger charge is 2.37. The molecular formula is C15H23F2N4O11P. The zero-order valence-electron chi connectivity index (χ0n) is 16.8. The number of nitrogens with zero attached hydrogens (tertiary/aromatic N) is 2. The minimum Gasteiger partial charge on any atom is -0.394 e. The molecule has 2 aromatic heterocycles. The largest absolute Gasteiger partial charge is 0.474 e. The quantitative estimate of drug-likeness (QED) is 0.108. The highest BCUT2D eigenvalue weighted by molar-refractivity contribution is 7.46. The van der Waals surface area contributed by atoms with Crippen LogP contribution in [0.2, 0.25) is 0 Å². The first kappa shape index (κ1) is 27.0. The Balaban J connectivity index is 2.30. The van der Waals surface area contributed by atoms with Crippen LogP contribution in [0.15, 0.2) is 14.4 Å². The third-order valence-corrected chi connectivity index (χ3v) is 5.10. The molecule has 3 atom stereocenters. The Morgan fingerprint density at radius 3 is 2.24 bits per heavy atom. The van der Waals surface area contributed by atoms with E-state index in [1.807, 2.05) is 4.98 Å². The monoisotopic (exact) mass is 504 g/mol. The molecule has 0 fully saturated rings. The average Bonchev–Trinajstić information content (AvgIpc) is 2.93. The number of rotatable bonds is 12. The third kappa shape index (κ3) is 6.87. The van der Waals surface area contributed by atoms with Gasteiger partial charge in [-0.15, -0.1) is 0 Å². The Bertz CT molecular complexity index is 1180. The van der Waals surface area contributed by atoms with Gasteiger partial charge in [-0.05, 0) is 12.8 Å². The van der Waals surface area contributed by atoms with Crippen molar-refractivity contribution in [3.8, 4) is 0 Å². The SMILES string of the molecule is O=c1[nH]c(=O)c2c([nH]1)n(C[C@H](O)[C@H](O)[C@H](O)CO)c(=O)n2CCCCC(F)(F)OP(=O)(O)O. The smallest absolute Gasteiger partial charge is 0.394 e. The Kier molecular flexibility index (Phi) is 8.47. The third-order valence-electron chi connectivity index (χ3n) is 4.60. The van der Waals surface area contributed by atoms with E-state index in [-0.39, 0.29) is 24.1 Å². The Morgan fingerprint density at radius 2 is 1.67 bits per heavy atom. The molecule has 2 heterocycles. The summed E-state index contributed by atoms with van der Waals surface area (Å²) >= 11 is 0. The van der Waals surface area contributed by atoms with Crippen LogP contribution in [0.1, 0.15) is 19.3 Å². The molecule has 2 rings (SSSR count). The van der Waals surface area contributed by atoms with E-state index in [0.717, 1.165) is 9.13 Å². The van der Waals surface area contributed by atoms with E-state index in [2.05, 4.69) is 9.51 Å². The molecule has 0 unspecified atom stereocenters. The van der Waals surface area contributed by atoms with E-state index >= 15 is 0 Å². The Labute approximate surface area is 181 Å². The topological polar surface area (TPSA) is 240 Å². The fourth-order valence-electron chi connectivity index (χ4n) is 3.11. The zero-order valence-corrected chi connectivity index (χ0v) is 17.7. The highest BCUT2D eigenvalue weighted by atomic mass is 31.2. The van der Waals surface area contributed by atoms with Crippen LogP contribution < -0.4 is 16.9 Å². The van der Waals surface area contributed by atoms with E-state index in [1.54, 1.807) is 0 Å². The summed E-state index contributed by atoms with van der Waals surface area (Å²) < 4.78 is 42.3. The second kappa shape index (κ2) is 10.4. The molecule has 0 spiro atoms. The van der Waals surface area contributed by atoms with Crippen molar-refractivity contribution in [1.29, 1.82) is 0 Å². The van der Waals surface area contributed by atoms with Gasteiger partial charge in [-0.2, -0.15) is 8.78 Å². The van der Waals surface area contributed by atoms with Crippen LogP contribution in [0.4, 0.5) is 8.78 Å². The lowest BCUT2D eigenvalue weighted by Crippen LogP contribution is -2.43. The molecule has 0 radical (unpaired) electrons. The van der Waals surface area contributed by atoms with Crippen molar-refractivity contribution >= 4 is 19.0 Å². The van der Waals surface area contributed by atoms with Crippen molar-refractivity contribution in [3.63, 3.8) is 0 Å². The first-order chi connectivity index (χ1) is 15.2. The minimum absolute atomic E-state index is 0.188. The number of hydrogen-bond acceptors (Lipinski definition) is 9. The van der Waals surface area contributed by atoms with Gasteiger partial charge in [0.25, 0.3) is 5.56 Å². The van der Waals surface area contributed by atoms with Gasteiger partial charge < -0.3 is 30.2 Å². The number of alkyl halides is 2. The van der Waals surface area contributed by atoms with Crippen molar-refractivity contribution in [1.82, 2.24) is 19.1 Å². The van der Waals surface area contributed by atoms with Gasteiger partial charge in [0, 0.05) is 13.0 Å². The summed E-state index contributed by atoms with van der Waals surface area (Å²) in [6.45, 7) is -1.96. The number of aryl methyl sites for hydroxylation is 1. The number of aliphatic hydroxyl groups excluding tert-OH is 4.